The molecule has 1 saturated heterocycles. The fourth-order valence-corrected chi connectivity index (χ4v) is 6.85. The molecule has 1 aliphatic rings. The average molecular weight is 635 g/mol. The standard InChI is InChI=1S/C33H50N6O3Si2/c1-32(2,3)43(7,8)41-20-17-24-22-35-38(23-24)28-16-18-34-31(36-28)30-26-21-25(42-44(9,10)33(4,5)6)14-15-27(26)39(37-30)29-13-11-12-19-40-29/h14-16,18,21-23,29H,11-13,17,19-20H2,1-10H3. The largest absolute Gasteiger partial charge is 0.543 e. The molecule has 0 spiro atoms. The molecule has 9 nitrogen and oxygen atoms in total. The SMILES string of the molecule is CC(C)(C)[Si](C)(C)OCCc1cnn(-c2ccnc(-c3nn(C4CCCCO4)c4ccc(O[Si](C)(C)C(C)(C)C)cc34)n2)c1. The highest BCUT2D eigenvalue weighted by atomic mass is 28.4. The summed E-state index contributed by atoms with van der Waals surface area (Å²) >= 11 is 0. The van der Waals surface area contributed by atoms with Gasteiger partial charge in [-0.3, -0.25) is 0 Å². The van der Waals surface area contributed by atoms with Gasteiger partial charge in [-0.05, 0) is 85.7 Å². The van der Waals surface area contributed by atoms with Gasteiger partial charge in [0.1, 0.15) is 11.4 Å². The molecule has 238 valence electrons. The summed E-state index contributed by atoms with van der Waals surface area (Å²) in [5.41, 5.74) is 2.82. The number of aromatic nitrogens is 6. The molecular formula is C33H50N6O3Si2. The Hall–Kier alpha value is -2.87. The van der Waals surface area contributed by atoms with E-state index < -0.39 is 16.6 Å². The number of fused-ring (bicyclic) bond motifs is 1. The van der Waals surface area contributed by atoms with Crippen LogP contribution in [-0.4, -0.2) is 59.4 Å². The molecule has 1 aromatic carbocycles. The number of hydrogen-bond donors (Lipinski definition) is 0. The van der Waals surface area contributed by atoms with E-state index in [4.69, 9.17) is 23.7 Å². The first-order chi connectivity index (χ1) is 20.6. The molecule has 3 aromatic heterocycles. The van der Waals surface area contributed by atoms with Gasteiger partial charge in [0.15, 0.2) is 26.2 Å². The minimum absolute atomic E-state index is 0.0851. The second-order valence-corrected chi connectivity index (χ2v) is 24.6. The maximum absolute atomic E-state index is 6.70. The van der Waals surface area contributed by atoms with Crippen LogP contribution in [0, 0.1) is 0 Å². The van der Waals surface area contributed by atoms with Gasteiger partial charge in [0.25, 0.3) is 0 Å². The van der Waals surface area contributed by atoms with Gasteiger partial charge in [0.05, 0.1) is 11.7 Å². The highest BCUT2D eigenvalue weighted by Crippen LogP contribution is 2.40. The molecular weight excluding hydrogens is 585 g/mol. The van der Waals surface area contributed by atoms with Crippen LogP contribution in [0.3, 0.4) is 0 Å². The van der Waals surface area contributed by atoms with Gasteiger partial charge in [-0.2, -0.15) is 10.2 Å². The first-order valence-corrected chi connectivity index (χ1v) is 21.7. The monoisotopic (exact) mass is 634 g/mol. The molecule has 0 N–H and O–H groups in total. The van der Waals surface area contributed by atoms with Crippen molar-refractivity contribution >= 4 is 27.5 Å². The Labute approximate surface area is 264 Å². The molecule has 0 aliphatic carbocycles. The number of rotatable bonds is 9. The summed E-state index contributed by atoms with van der Waals surface area (Å²) in [4.78, 5) is 9.62. The maximum atomic E-state index is 6.70. The van der Waals surface area contributed by atoms with Crippen molar-refractivity contribution in [2.45, 2.75) is 110 Å². The van der Waals surface area contributed by atoms with Crippen molar-refractivity contribution in [3.63, 3.8) is 0 Å². The van der Waals surface area contributed by atoms with Crippen LogP contribution in [0.25, 0.3) is 28.2 Å². The van der Waals surface area contributed by atoms with Crippen LogP contribution in [-0.2, 0) is 15.6 Å². The molecule has 5 rings (SSSR count). The van der Waals surface area contributed by atoms with Crippen LogP contribution in [0.5, 0.6) is 5.75 Å². The molecule has 0 amide bonds. The third-order valence-electron chi connectivity index (χ3n) is 9.67. The molecule has 0 saturated carbocycles. The first kappa shape index (κ1) is 32.5. The topological polar surface area (TPSA) is 89.1 Å². The molecule has 4 aromatic rings. The van der Waals surface area contributed by atoms with Crippen LogP contribution >= 0.6 is 0 Å². The quantitative estimate of drug-likeness (QED) is 0.171. The highest BCUT2D eigenvalue weighted by Gasteiger charge is 2.39. The molecule has 44 heavy (non-hydrogen) atoms. The van der Waals surface area contributed by atoms with Crippen LogP contribution < -0.4 is 4.43 Å². The Morgan fingerprint density at radius 2 is 1.73 bits per heavy atom. The van der Waals surface area contributed by atoms with Crippen molar-refractivity contribution in [2.75, 3.05) is 13.2 Å². The number of ether oxygens (including phenoxy) is 1. The molecule has 11 heteroatoms. The second kappa shape index (κ2) is 12.1. The predicted octanol–water partition coefficient (Wildman–Crippen LogP) is 8.33. The predicted molar refractivity (Wildman–Crippen MR) is 181 cm³/mol. The van der Waals surface area contributed by atoms with Crippen LogP contribution in [0.15, 0.2) is 42.9 Å². The number of benzene rings is 1. The van der Waals surface area contributed by atoms with Crippen molar-refractivity contribution in [3.8, 4) is 23.1 Å². The zero-order chi connectivity index (χ0) is 31.9. The second-order valence-electron chi connectivity index (χ2n) is 15.0. The van der Waals surface area contributed by atoms with Gasteiger partial charge < -0.3 is 13.6 Å². The van der Waals surface area contributed by atoms with Gasteiger partial charge in [0, 0.05) is 37.1 Å². The van der Waals surface area contributed by atoms with Gasteiger partial charge in [-0.1, -0.05) is 41.5 Å². The van der Waals surface area contributed by atoms with Gasteiger partial charge >= 0.3 is 0 Å². The third kappa shape index (κ3) is 6.85. The molecule has 1 atom stereocenters. The maximum Gasteiger partial charge on any atom is 0.250 e. The molecule has 0 bridgehead atoms. The molecule has 0 radical (unpaired) electrons. The lowest BCUT2D eigenvalue weighted by Gasteiger charge is -2.36. The van der Waals surface area contributed by atoms with E-state index in [1.54, 1.807) is 6.20 Å². The van der Waals surface area contributed by atoms with E-state index in [2.05, 4.69) is 96.0 Å². The summed E-state index contributed by atoms with van der Waals surface area (Å²) in [6.45, 7) is 24.1. The minimum Gasteiger partial charge on any atom is -0.543 e. The molecule has 1 aliphatic heterocycles. The Balaban J connectivity index is 1.46. The van der Waals surface area contributed by atoms with Crippen molar-refractivity contribution < 1.29 is 13.6 Å². The summed E-state index contributed by atoms with van der Waals surface area (Å²) in [5, 5.41) is 10.9. The molecule has 1 fully saturated rings. The van der Waals surface area contributed by atoms with Gasteiger partial charge in [-0.15, -0.1) is 0 Å². The number of nitrogens with zero attached hydrogens (tertiary/aromatic N) is 6. The molecule has 4 heterocycles. The normalized spacial score (nSPS) is 16.9. The fourth-order valence-electron chi connectivity index (χ4n) is 4.78. The summed E-state index contributed by atoms with van der Waals surface area (Å²) in [5.74, 6) is 2.09. The summed E-state index contributed by atoms with van der Waals surface area (Å²) < 4.78 is 23.1. The smallest absolute Gasteiger partial charge is 0.250 e. The molecule has 1 unspecified atom stereocenters. The van der Waals surface area contributed by atoms with E-state index in [0.717, 1.165) is 54.5 Å². The first-order valence-electron chi connectivity index (χ1n) is 15.9. The van der Waals surface area contributed by atoms with E-state index in [9.17, 15) is 0 Å². The van der Waals surface area contributed by atoms with Crippen molar-refractivity contribution in [1.82, 2.24) is 29.5 Å². The fraction of sp³-hybridized carbons (Fsp3) is 0.576. The third-order valence-corrected chi connectivity index (χ3v) is 18.6. The van der Waals surface area contributed by atoms with Gasteiger partial charge in [-0.25, -0.2) is 19.3 Å². The van der Waals surface area contributed by atoms with Crippen molar-refractivity contribution in [2.24, 2.45) is 0 Å². The Bertz CT molecular complexity index is 1590. The number of hydrogen-bond acceptors (Lipinski definition) is 7. The lowest BCUT2D eigenvalue weighted by Crippen LogP contribution is -2.43. The summed E-state index contributed by atoms with van der Waals surface area (Å²) in [6.07, 6.45) is 9.50. The van der Waals surface area contributed by atoms with Crippen molar-refractivity contribution in [1.29, 1.82) is 0 Å². The van der Waals surface area contributed by atoms with E-state index in [1.165, 1.54) is 0 Å². The summed E-state index contributed by atoms with van der Waals surface area (Å²) in [6, 6.07) is 8.14. The zero-order valence-electron chi connectivity index (χ0n) is 28.3. The van der Waals surface area contributed by atoms with Crippen LogP contribution in [0.2, 0.25) is 36.3 Å². The van der Waals surface area contributed by atoms with E-state index in [1.807, 2.05) is 27.8 Å². The van der Waals surface area contributed by atoms with E-state index in [0.29, 0.717) is 23.9 Å². The van der Waals surface area contributed by atoms with Crippen molar-refractivity contribution in [3.05, 3.63) is 48.4 Å². The Morgan fingerprint density at radius 1 is 0.977 bits per heavy atom. The van der Waals surface area contributed by atoms with E-state index >= 15 is 0 Å². The zero-order valence-corrected chi connectivity index (χ0v) is 30.3. The van der Waals surface area contributed by atoms with E-state index in [-0.39, 0.29) is 16.3 Å². The highest BCUT2D eigenvalue weighted by molar-refractivity contribution is 6.75. The average Bonchev–Trinajstić information content (AvgIpc) is 3.57. The van der Waals surface area contributed by atoms with Crippen LogP contribution in [0.1, 0.15) is 72.6 Å². The summed E-state index contributed by atoms with van der Waals surface area (Å²) in [7, 11) is -3.83. The Morgan fingerprint density at radius 3 is 2.41 bits per heavy atom. The minimum atomic E-state index is -2.04. The Kier molecular flexibility index (Phi) is 8.98. The lowest BCUT2D eigenvalue weighted by atomic mass is 10.1. The van der Waals surface area contributed by atoms with Crippen LogP contribution in [0.4, 0.5) is 0 Å². The van der Waals surface area contributed by atoms with Gasteiger partial charge in [0.2, 0.25) is 8.32 Å². The lowest BCUT2D eigenvalue weighted by molar-refractivity contribution is -0.0365.